The summed E-state index contributed by atoms with van der Waals surface area (Å²) in [4.78, 5) is -0.0383. The number of halogens is 1. The number of nitrogens with two attached hydrogens (primary N) is 1. The van der Waals surface area contributed by atoms with Crippen molar-refractivity contribution < 1.29 is 13.5 Å². The first kappa shape index (κ1) is 16.2. The van der Waals surface area contributed by atoms with E-state index in [-0.39, 0.29) is 29.1 Å². The molecule has 0 aliphatic carbocycles. The van der Waals surface area contributed by atoms with Crippen LogP contribution in [0, 0.1) is 5.92 Å². The van der Waals surface area contributed by atoms with Crippen LogP contribution in [0.5, 0.6) is 0 Å². The Morgan fingerprint density at radius 2 is 2.05 bits per heavy atom. The zero-order chi connectivity index (χ0) is 14.6. The number of aliphatic hydroxyl groups excluding tert-OH is 1. The lowest BCUT2D eigenvalue weighted by Gasteiger charge is -2.21. The van der Waals surface area contributed by atoms with Crippen LogP contribution in [-0.2, 0) is 10.0 Å². The molecule has 0 aromatic heterocycles. The number of nitrogens with one attached hydrogen (secondary N) is 1. The van der Waals surface area contributed by atoms with Crippen LogP contribution in [0.25, 0.3) is 0 Å². The first-order valence-electron chi connectivity index (χ1n) is 5.96. The van der Waals surface area contributed by atoms with Gasteiger partial charge in [0.25, 0.3) is 0 Å². The Kier molecular flexibility index (Phi) is 5.61. The van der Waals surface area contributed by atoms with E-state index in [9.17, 15) is 8.42 Å². The maximum atomic E-state index is 12.3. The van der Waals surface area contributed by atoms with Gasteiger partial charge in [0.15, 0.2) is 0 Å². The van der Waals surface area contributed by atoms with Crippen molar-refractivity contribution in [3.05, 3.63) is 23.2 Å². The Morgan fingerprint density at radius 1 is 1.42 bits per heavy atom. The monoisotopic (exact) mass is 306 g/mol. The molecule has 0 amide bonds. The van der Waals surface area contributed by atoms with E-state index < -0.39 is 10.0 Å². The molecular formula is C12H19ClN2O3S. The Balaban J connectivity index is 3.06. The van der Waals surface area contributed by atoms with Crippen molar-refractivity contribution in [3.8, 4) is 0 Å². The van der Waals surface area contributed by atoms with E-state index in [1.807, 2.05) is 13.8 Å². The summed E-state index contributed by atoms with van der Waals surface area (Å²) >= 11 is 5.80. The van der Waals surface area contributed by atoms with Crippen molar-refractivity contribution >= 4 is 27.3 Å². The van der Waals surface area contributed by atoms with Crippen LogP contribution < -0.4 is 10.5 Å². The molecule has 4 N–H and O–H groups in total. The van der Waals surface area contributed by atoms with Gasteiger partial charge in [-0.25, -0.2) is 13.1 Å². The minimum Gasteiger partial charge on any atom is -0.398 e. The number of hydrogen-bond acceptors (Lipinski definition) is 4. The fraction of sp³-hybridized carbons (Fsp3) is 0.500. The SMILES string of the molecule is CC(C)C(CCO)NS(=O)(=O)c1cc(Cl)ccc1N. The topological polar surface area (TPSA) is 92.4 Å². The van der Waals surface area contributed by atoms with E-state index in [4.69, 9.17) is 22.4 Å². The zero-order valence-corrected chi connectivity index (χ0v) is 12.5. The van der Waals surface area contributed by atoms with E-state index in [0.29, 0.717) is 11.4 Å². The summed E-state index contributed by atoms with van der Waals surface area (Å²) in [6.45, 7) is 3.67. The fourth-order valence-electron chi connectivity index (χ4n) is 1.67. The maximum absolute atomic E-state index is 12.3. The molecular weight excluding hydrogens is 288 g/mol. The van der Waals surface area contributed by atoms with E-state index in [0.717, 1.165) is 0 Å². The molecule has 0 fully saturated rings. The molecule has 7 heteroatoms. The number of anilines is 1. The number of benzene rings is 1. The van der Waals surface area contributed by atoms with Crippen molar-refractivity contribution in [3.63, 3.8) is 0 Å². The average molecular weight is 307 g/mol. The molecule has 1 rings (SSSR count). The summed E-state index contributed by atoms with van der Waals surface area (Å²) in [5.41, 5.74) is 5.82. The smallest absolute Gasteiger partial charge is 0.242 e. The third-order valence-corrected chi connectivity index (χ3v) is 4.60. The van der Waals surface area contributed by atoms with E-state index in [2.05, 4.69) is 4.72 Å². The second-order valence-electron chi connectivity index (χ2n) is 4.67. The van der Waals surface area contributed by atoms with Crippen molar-refractivity contribution in [2.75, 3.05) is 12.3 Å². The summed E-state index contributed by atoms with van der Waals surface area (Å²) < 4.78 is 27.1. The maximum Gasteiger partial charge on any atom is 0.242 e. The summed E-state index contributed by atoms with van der Waals surface area (Å²) in [5.74, 6) is 0.0577. The van der Waals surface area contributed by atoms with Crippen molar-refractivity contribution in [2.24, 2.45) is 5.92 Å². The van der Waals surface area contributed by atoms with Crippen LogP contribution in [0.4, 0.5) is 5.69 Å². The second-order valence-corrected chi connectivity index (χ2v) is 6.79. The third kappa shape index (κ3) is 4.35. The number of aliphatic hydroxyl groups is 1. The van der Waals surface area contributed by atoms with Gasteiger partial charge in [0.2, 0.25) is 10.0 Å². The van der Waals surface area contributed by atoms with Crippen molar-refractivity contribution in [2.45, 2.75) is 31.2 Å². The first-order chi connectivity index (χ1) is 8.77. The molecule has 19 heavy (non-hydrogen) atoms. The molecule has 1 atom stereocenters. The summed E-state index contributed by atoms with van der Waals surface area (Å²) in [7, 11) is -3.75. The Morgan fingerprint density at radius 3 is 2.58 bits per heavy atom. The van der Waals surface area contributed by atoms with Gasteiger partial charge in [0.05, 0.1) is 5.69 Å². The molecule has 108 valence electrons. The molecule has 5 nitrogen and oxygen atoms in total. The zero-order valence-electron chi connectivity index (χ0n) is 10.9. The molecule has 1 unspecified atom stereocenters. The van der Waals surface area contributed by atoms with E-state index >= 15 is 0 Å². The van der Waals surface area contributed by atoms with Gasteiger partial charge < -0.3 is 10.8 Å². The van der Waals surface area contributed by atoms with Crippen molar-refractivity contribution in [1.82, 2.24) is 4.72 Å². The lowest BCUT2D eigenvalue weighted by atomic mass is 10.0. The third-order valence-electron chi connectivity index (χ3n) is 2.82. The second kappa shape index (κ2) is 6.56. The molecule has 1 aromatic rings. The van der Waals surface area contributed by atoms with Gasteiger partial charge in [-0.15, -0.1) is 0 Å². The van der Waals surface area contributed by atoms with Crippen LogP contribution in [0.3, 0.4) is 0 Å². The van der Waals surface area contributed by atoms with Gasteiger partial charge in [0.1, 0.15) is 4.90 Å². The molecule has 0 aliphatic rings. The molecule has 0 radical (unpaired) electrons. The van der Waals surface area contributed by atoms with Crippen LogP contribution in [0.2, 0.25) is 5.02 Å². The van der Waals surface area contributed by atoms with E-state index in [1.165, 1.54) is 18.2 Å². The molecule has 0 heterocycles. The molecule has 0 saturated carbocycles. The quantitative estimate of drug-likeness (QED) is 0.696. The predicted octanol–water partition coefficient (Wildman–Crippen LogP) is 1.61. The van der Waals surface area contributed by atoms with Gasteiger partial charge in [-0.2, -0.15) is 0 Å². The van der Waals surface area contributed by atoms with Gasteiger partial charge in [-0.3, -0.25) is 0 Å². The van der Waals surface area contributed by atoms with Gasteiger partial charge in [0, 0.05) is 17.7 Å². The lowest BCUT2D eigenvalue weighted by Crippen LogP contribution is -2.39. The number of sulfonamides is 1. The molecule has 0 spiro atoms. The Labute approximate surface area is 118 Å². The van der Waals surface area contributed by atoms with Crippen LogP contribution in [-0.4, -0.2) is 26.2 Å². The Bertz CT molecular complexity index is 532. The average Bonchev–Trinajstić information content (AvgIpc) is 2.31. The highest BCUT2D eigenvalue weighted by Crippen LogP contribution is 2.23. The highest BCUT2D eigenvalue weighted by atomic mass is 35.5. The standard InChI is InChI=1S/C12H19ClN2O3S/c1-8(2)11(5-6-16)15-19(17,18)12-7-9(13)3-4-10(12)14/h3-4,7-8,11,15-16H,5-6,14H2,1-2H3. The normalized spacial score (nSPS) is 13.7. The highest BCUT2D eigenvalue weighted by Gasteiger charge is 2.24. The highest BCUT2D eigenvalue weighted by molar-refractivity contribution is 7.89. The number of rotatable bonds is 6. The Hall–Kier alpha value is -0.820. The van der Waals surface area contributed by atoms with Gasteiger partial charge in [-0.1, -0.05) is 25.4 Å². The number of hydrogen-bond donors (Lipinski definition) is 3. The van der Waals surface area contributed by atoms with Gasteiger partial charge in [-0.05, 0) is 30.5 Å². The minimum atomic E-state index is -3.75. The molecule has 0 bridgehead atoms. The summed E-state index contributed by atoms with van der Waals surface area (Å²) in [6, 6.07) is 3.94. The van der Waals surface area contributed by atoms with Crippen molar-refractivity contribution in [1.29, 1.82) is 0 Å². The number of nitrogen functional groups attached to an aromatic ring is 1. The molecule has 0 aliphatic heterocycles. The van der Waals surface area contributed by atoms with Crippen LogP contribution in [0.1, 0.15) is 20.3 Å². The largest absolute Gasteiger partial charge is 0.398 e. The minimum absolute atomic E-state index is 0.0383. The van der Waals surface area contributed by atoms with E-state index in [1.54, 1.807) is 0 Å². The molecule has 0 saturated heterocycles. The summed E-state index contributed by atoms with van der Waals surface area (Å²) in [5, 5.41) is 9.27. The summed E-state index contributed by atoms with van der Waals surface area (Å²) in [6.07, 6.45) is 0.345. The lowest BCUT2D eigenvalue weighted by molar-refractivity contribution is 0.256. The fourth-order valence-corrected chi connectivity index (χ4v) is 3.48. The molecule has 1 aromatic carbocycles. The van der Waals surface area contributed by atoms with Crippen LogP contribution >= 0.6 is 11.6 Å². The van der Waals surface area contributed by atoms with Gasteiger partial charge >= 0.3 is 0 Å². The predicted molar refractivity (Wildman–Crippen MR) is 76.5 cm³/mol. The van der Waals surface area contributed by atoms with Crippen LogP contribution in [0.15, 0.2) is 23.1 Å². The first-order valence-corrected chi connectivity index (χ1v) is 7.82.